The second-order valence-electron chi connectivity index (χ2n) is 1.74. The molecule has 3 N–H and O–H groups in total. The normalized spacial score (nSPS) is 9.33. The minimum atomic E-state index is -0.139. The van der Waals surface area contributed by atoms with E-state index in [4.69, 9.17) is 15.3 Å². The first-order chi connectivity index (χ1) is 3.85. The van der Waals surface area contributed by atoms with Crippen molar-refractivity contribution in [3.05, 3.63) is 0 Å². The van der Waals surface area contributed by atoms with Gasteiger partial charge in [-0.15, -0.1) is 0 Å². The topological polar surface area (TPSA) is 60.7 Å². The summed E-state index contributed by atoms with van der Waals surface area (Å²) >= 11 is 0. The van der Waals surface area contributed by atoms with Gasteiger partial charge in [-0.25, -0.2) is 0 Å². The molecule has 0 aromatic heterocycles. The Labute approximate surface area is 77.0 Å². The van der Waals surface area contributed by atoms with Crippen molar-refractivity contribution >= 4 is 29.6 Å². The van der Waals surface area contributed by atoms with Crippen LogP contribution in [0.25, 0.3) is 0 Å². The van der Waals surface area contributed by atoms with Gasteiger partial charge in [-0.3, -0.25) is 0 Å². The molecule has 0 saturated carbocycles. The molecule has 0 unspecified atom stereocenters. The molecule has 0 radical (unpaired) electrons. The van der Waals surface area contributed by atoms with Gasteiger partial charge in [0.1, 0.15) is 0 Å². The van der Waals surface area contributed by atoms with Gasteiger partial charge in [0.25, 0.3) is 0 Å². The van der Waals surface area contributed by atoms with E-state index in [0.717, 1.165) is 0 Å². The van der Waals surface area contributed by atoms with Gasteiger partial charge in [-0.1, -0.05) is 0 Å². The fraction of sp³-hybridized carbons (Fsp3) is 1.00. The molecule has 3 nitrogen and oxygen atoms in total. The van der Waals surface area contributed by atoms with Crippen LogP contribution in [0, 0.1) is 5.92 Å². The Morgan fingerprint density at radius 1 is 1.00 bits per heavy atom. The third-order valence-electron chi connectivity index (χ3n) is 1.05. The number of aliphatic hydroxyl groups excluding tert-OH is 3. The molecule has 0 rings (SSSR count). The third kappa shape index (κ3) is 6.77. The molecule has 0 aliphatic carbocycles. The van der Waals surface area contributed by atoms with Crippen LogP contribution in [0.3, 0.4) is 0 Å². The Balaban J connectivity index is 0. The Morgan fingerprint density at radius 3 is 1.56 bits per heavy atom. The Bertz CT molecular complexity index is 47.5. The Kier molecular flexibility index (Phi) is 12.4. The van der Waals surface area contributed by atoms with Crippen LogP contribution in [0.4, 0.5) is 0 Å². The van der Waals surface area contributed by atoms with Crippen LogP contribution in [-0.2, 0) is 0 Å². The summed E-state index contributed by atoms with van der Waals surface area (Å²) < 4.78 is 0. The van der Waals surface area contributed by atoms with Crippen molar-refractivity contribution in [3.8, 4) is 0 Å². The predicted molar refractivity (Wildman–Crippen MR) is 36.5 cm³/mol. The fourth-order valence-corrected chi connectivity index (χ4v) is 0.423. The molecule has 52 valence electrons. The van der Waals surface area contributed by atoms with Crippen molar-refractivity contribution in [2.45, 2.75) is 6.42 Å². The summed E-state index contributed by atoms with van der Waals surface area (Å²) in [6.45, 7) is -0.0556. The molecule has 0 heterocycles. The molecule has 0 bridgehead atoms. The molecular weight excluding hydrogens is 131 g/mol. The van der Waals surface area contributed by atoms with Gasteiger partial charge < -0.3 is 15.3 Å². The summed E-state index contributed by atoms with van der Waals surface area (Å²) in [5, 5.41) is 25.0. The second-order valence-corrected chi connectivity index (χ2v) is 1.74. The van der Waals surface area contributed by atoms with E-state index in [2.05, 4.69) is 0 Å². The van der Waals surface area contributed by atoms with E-state index in [1.54, 1.807) is 0 Å². The summed E-state index contributed by atoms with van der Waals surface area (Å²) in [6, 6.07) is 0. The molecule has 0 amide bonds. The molecule has 0 spiro atoms. The van der Waals surface area contributed by atoms with Gasteiger partial charge in [-0.2, -0.15) is 0 Å². The fourth-order valence-electron chi connectivity index (χ4n) is 0.423. The van der Waals surface area contributed by atoms with Crippen LogP contribution >= 0.6 is 0 Å². The molecule has 0 aliphatic heterocycles. The van der Waals surface area contributed by atoms with Crippen molar-refractivity contribution in [3.63, 3.8) is 0 Å². The van der Waals surface area contributed by atoms with Crippen molar-refractivity contribution < 1.29 is 15.3 Å². The van der Waals surface area contributed by atoms with Gasteiger partial charge in [0.2, 0.25) is 0 Å². The zero-order valence-electron chi connectivity index (χ0n) is 4.75. The van der Waals surface area contributed by atoms with E-state index >= 15 is 0 Å². The molecule has 0 atom stereocenters. The summed E-state index contributed by atoms with van der Waals surface area (Å²) in [4.78, 5) is 0. The maximum atomic E-state index is 8.39. The molecule has 0 aliphatic rings. The predicted octanol–water partition coefficient (Wildman–Crippen LogP) is -1.68. The average Bonchev–Trinajstić information content (AvgIpc) is 1.83. The first-order valence-corrected chi connectivity index (χ1v) is 2.67. The van der Waals surface area contributed by atoms with Gasteiger partial charge in [0, 0.05) is 25.7 Å². The molecule has 0 aromatic carbocycles. The summed E-state index contributed by atoms with van der Waals surface area (Å²) in [7, 11) is 0. The van der Waals surface area contributed by atoms with Crippen LogP contribution < -0.4 is 0 Å². The molecule has 0 aromatic rings. The van der Waals surface area contributed by atoms with Crippen molar-refractivity contribution in [1.29, 1.82) is 0 Å². The Hall–Kier alpha value is 0.880. The zero-order valence-corrected chi connectivity index (χ0v) is 4.75. The first kappa shape index (κ1) is 12.5. The van der Waals surface area contributed by atoms with E-state index < -0.39 is 0 Å². The molecule has 0 fully saturated rings. The summed E-state index contributed by atoms with van der Waals surface area (Å²) in [6.07, 6.45) is 0.479. The van der Waals surface area contributed by atoms with Crippen LogP contribution in [0.15, 0.2) is 0 Å². The minimum absolute atomic E-state index is 0. The molecule has 0 saturated heterocycles. The summed E-state index contributed by atoms with van der Waals surface area (Å²) in [5.41, 5.74) is 0. The van der Waals surface area contributed by atoms with Crippen molar-refractivity contribution in [2.75, 3.05) is 19.8 Å². The second kappa shape index (κ2) is 8.88. The third-order valence-corrected chi connectivity index (χ3v) is 1.05. The average molecular weight is 144 g/mol. The van der Waals surface area contributed by atoms with Gasteiger partial charge in [0.15, 0.2) is 0 Å². The van der Waals surface area contributed by atoms with E-state index in [-0.39, 0.29) is 55.3 Å². The monoisotopic (exact) mass is 144 g/mol. The molecule has 4 heteroatoms. The first-order valence-electron chi connectivity index (χ1n) is 2.67. The molecular formula is C5H13NaO3. The maximum absolute atomic E-state index is 8.39. The van der Waals surface area contributed by atoms with E-state index in [9.17, 15) is 0 Å². The number of rotatable bonds is 4. The quantitative estimate of drug-likeness (QED) is 0.413. The SMILES string of the molecule is OCCC(CO)CO.[NaH]. The zero-order chi connectivity index (χ0) is 6.41. The van der Waals surface area contributed by atoms with Crippen LogP contribution in [-0.4, -0.2) is 64.7 Å². The van der Waals surface area contributed by atoms with Crippen LogP contribution in [0.2, 0.25) is 0 Å². The van der Waals surface area contributed by atoms with Gasteiger partial charge >= 0.3 is 29.6 Å². The van der Waals surface area contributed by atoms with Gasteiger partial charge in [0.05, 0.1) is 0 Å². The standard InChI is InChI=1S/C5H12O3.Na.H/c6-2-1-5(3-7)4-8;;/h5-8H,1-4H2;;. The van der Waals surface area contributed by atoms with Crippen LogP contribution in [0.1, 0.15) is 6.42 Å². The number of aliphatic hydroxyl groups is 3. The number of hydrogen-bond donors (Lipinski definition) is 3. The van der Waals surface area contributed by atoms with E-state index in [1.807, 2.05) is 0 Å². The van der Waals surface area contributed by atoms with Gasteiger partial charge in [-0.05, 0) is 6.42 Å². The summed E-state index contributed by atoms with van der Waals surface area (Å²) in [5.74, 6) is -0.139. The molecule has 9 heavy (non-hydrogen) atoms. The van der Waals surface area contributed by atoms with E-state index in [1.165, 1.54) is 0 Å². The van der Waals surface area contributed by atoms with E-state index in [0.29, 0.717) is 6.42 Å². The Morgan fingerprint density at radius 2 is 1.44 bits per heavy atom. The number of hydrogen-bond acceptors (Lipinski definition) is 3. The van der Waals surface area contributed by atoms with Crippen molar-refractivity contribution in [2.24, 2.45) is 5.92 Å². The van der Waals surface area contributed by atoms with Crippen molar-refractivity contribution in [1.82, 2.24) is 0 Å². The van der Waals surface area contributed by atoms with Crippen LogP contribution in [0.5, 0.6) is 0 Å².